The van der Waals surface area contributed by atoms with E-state index in [0.29, 0.717) is 24.2 Å². The molecule has 0 atom stereocenters. The molecule has 4 N–H and O–H groups in total. The summed E-state index contributed by atoms with van der Waals surface area (Å²) in [7, 11) is 0. The third-order valence-corrected chi connectivity index (χ3v) is 2.65. The summed E-state index contributed by atoms with van der Waals surface area (Å²) >= 11 is 0. The van der Waals surface area contributed by atoms with Crippen molar-refractivity contribution in [3.63, 3.8) is 0 Å². The van der Waals surface area contributed by atoms with Gasteiger partial charge in [0.05, 0.1) is 5.56 Å². The Hall–Kier alpha value is -1.55. The first-order valence-corrected chi connectivity index (χ1v) is 5.93. The van der Waals surface area contributed by atoms with Gasteiger partial charge in [-0.3, -0.25) is 4.79 Å². The van der Waals surface area contributed by atoms with Gasteiger partial charge in [0, 0.05) is 6.54 Å². The molecule has 1 rings (SSSR count). The number of carbonyl (C=O) groups is 1. The maximum absolute atomic E-state index is 11.8. The van der Waals surface area contributed by atoms with Gasteiger partial charge in [-0.2, -0.15) is 0 Å². The third kappa shape index (κ3) is 4.07. The summed E-state index contributed by atoms with van der Waals surface area (Å²) in [6.07, 6.45) is 2.90. The summed E-state index contributed by atoms with van der Waals surface area (Å²) in [5.41, 5.74) is 6.42. The summed E-state index contributed by atoms with van der Waals surface area (Å²) in [6.45, 7) is 3.08. The molecule has 1 aromatic rings. The molecule has 0 aliphatic heterocycles. The lowest BCUT2D eigenvalue weighted by Crippen LogP contribution is -2.24. The fraction of sp³-hybridized carbons (Fsp3) is 0.462. The Morgan fingerprint density at radius 3 is 2.82 bits per heavy atom. The molecule has 0 saturated carbocycles. The minimum atomic E-state index is -0.223. The van der Waals surface area contributed by atoms with E-state index in [1.165, 1.54) is 0 Å². The Balaban J connectivity index is 2.44. The lowest BCUT2D eigenvalue weighted by Gasteiger charge is -2.08. The zero-order valence-electron chi connectivity index (χ0n) is 10.2. The number of benzene rings is 1. The quantitative estimate of drug-likeness (QED) is 0.656. The Bertz CT molecular complexity index is 378. The number of para-hydroxylation sites is 1. The molecular formula is C13H20N2O2. The van der Waals surface area contributed by atoms with Gasteiger partial charge >= 0.3 is 0 Å². The molecule has 0 saturated heterocycles. The van der Waals surface area contributed by atoms with Gasteiger partial charge in [0.2, 0.25) is 0 Å². The van der Waals surface area contributed by atoms with Crippen LogP contribution in [0.1, 0.15) is 35.2 Å². The van der Waals surface area contributed by atoms with Crippen molar-refractivity contribution >= 4 is 5.91 Å². The number of hydrogen-bond acceptors (Lipinski definition) is 3. The molecule has 1 amide bonds. The number of aromatic hydroxyl groups is 1. The number of aryl methyl sites for hydroxylation is 1. The van der Waals surface area contributed by atoms with Gasteiger partial charge in [-0.15, -0.1) is 0 Å². The van der Waals surface area contributed by atoms with Crippen molar-refractivity contribution < 1.29 is 9.90 Å². The average Bonchev–Trinajstić information content (AvgIpc) is 2.32. The smallest absolute Gasteiger partial charge is 0.255 e. The highest BCUT2D eigenvalue weighted by Crippen LogP contribution is 2.20. The van der Waals surface area contributed by atoms with Gasteiger partial charge in [-0.1, -0.05) is 18.6 Å². The summed E-state index contributed by atoms with van der Waals surface area (Å²) in [4.78, 5) is 11.8. The maximum atomic E-state index is 11.8. The molecule has 0 fully saturated rings. The van der Waals surface area contributed by atoms with E-state index < -0.39 is 0 Å². The summed E-state index contributed by atoms with van der Waals surface area (Å²) in [6, 6.07) is 5.16. The molecule has 0 heterocycles. The Morgan fingerprint density at radius 2 is 2.12 bits per heavy atom. The summed E-state index contributed by atoms with van der Waals surface area (Å²) in [5, 5.41) is 12.5. The van der Waals surface area contributed by atoms with Crippen molar-refractivity contribution in [3.05, 3.63) is 29.3 Å². The van der Waals surface area contributed by atoms with Crippen LogP contribution in [0.25, 0.3) is 0 Å². The van der Waals surface area contributed by atoms with Crippen molar-refractivity contribution in [2.24, 2.45) is 5.73 Å². The third-order valence-electron chi connectivity index (χ3n) is 2.65. The minimum Gasteiger partial charge on any atom is -0.507 e. The van der Waals surface area contributed by atoms with Crippen LogP contribution in [0.4, 0.5) is 0 Å². The van der Waals surface area contributed by atoms with Crippen molar-refractivity contribution in [2.75, 3.05) is 13.1 Å². The van der Waals surface area contributed by atoms with Gasteiger partial charge in [-0.25, -0.2) is 0 Å². The zero-order valence-corrected chi connectivity index (χ0v) is 10.2. The zero-order chi connectivity index (χ0) is 12.7. The van der Waals surface area contributed by atoms with Crippen molar-refractivity contribution in [1.29, 1.82) is 0 Å². The van der Waals surface area contributed by atoms with E-state index in [2.05, 4.69) is 5.32 Å². The molecule has 1 aromatic carbocycles. The summed E-state index contributed by atoms with van der Waals surface area (Å²) in [5.74, 6) is -0.161. The van der Waals surface area contributed by atoms with Crippen LogP contribution in [-0.4, -0.2) is 24.1 Å². The van der Waals surface area contributed by atoms with E-state index in [1.54, 1.807) is 25.1 Å². The fourth-order valence-corrected chi connectivity index (χ4v) is 1.59. The van der Waals surface area contributed by atoms with Crippen molar-refractivity contribution in [1.82, 2.24) is 5.32 Å². The van der Waals surface area contributed by atoms with Gasteiger partial charge in [-0.05, 0) is 37.9 Å². The number of hydrogen-bond donors (Lipinski definition) is 3. The van der Waals surface area contributed by atoms with Gasteiger partial charge in [0.15, 0.2) is 0 Å². The monoisotopic (exact) mass is 236 g/mol. The highest BCUT2D eigenvalue weighted by molar-refractivity contribution is 5.97. The number of nitrogens with one attached hydrogen (secondary N) is 1. The molecule has 0 radical (unpaired) electrons. The Labute approximate surface area is 102 Å². The standard InChI is InChI=1S/C13H20N2O2/c1-10-6-5-7-11(12(10)16)13(17)15-9-4-2-3-8-14/h5-7,16H,2-4,8-9,14H2,1H3,(H,15,17). The van der Waals surface area contributed by atoms with E-state index in [-0.39, 0.29) is 11.7 Å². The number of unbranched alkanes of at least 4 members (excludes halogenated alkanes) is 2. The predicted molar refractivity (Wildman–Crippen MR) is 68.1 cm³/mol. The Kier molecular flexibility index (Phi) is 5.49. The van der Waals surface area contributed by atoms with Gasteiger partial charge in [0.25, 0.3) is 5.91 Å². The molecule has 94 valence electrons. The van der Waals surface area contributed by atoms with Gasteiger partial charge in [0.1, 0.15) is 5.75 Å². The Morgan fingerprint density at radius 1 is 1.35 bits per heavy atom. The molecule has 0 aliphatic rings. The molecular weight excluding hydrogens is 216 g/mol. The van der Waals surface area contributed by atoms with E-state index in [1.807, 2.05) is 0 Å². The van der Waals surface area contributed by atoms with E-state index in [9.17, 15) is 9.90 Å². The highest BCUT2D eigenvalue weighted by Gasteiger charge is 2.11. The molecule has 17 heavy (non-hydrogen) atoms. The molecule has 0 unspecified atom stereocenters. The lowest BCUT2D eigenvalue weighted by molar-refractivity contribution is 0.0950. The molecule has 0 aromatic heterocycles. The molecule has 0 bridgehead atoms. The van der Waals surface area contributed by atoms with Crippen LogP contribution < -0.4 is 11.1 Å². The predicted octanol–water partition coefficient (Wildman–Crippen LogP) is 1.56. The molecule has 0 spiro atoms. The summed E-state index contributed by atoms with van der Waals surface area (Å²) < 4.78 is 0. The van der Waals surface area contributed by atoms with Crippen molar-refractivity contribution in [2.45, 2.75) is 26.2 Å². The maximum Gasteiger partial charge on any atom is 0.255 e. The highest BCUT2D eigenvalue weighted by atomic mass is 16.3. The number of amides is 1. The topological polar surface area (TPSA) is 75.4 Å². The number of phenolic OH excluding ortho intramolecular Hbond substituents is 1. The fourth-order valence-electron chi connectivity index (χ4n) is 1.59. The SMILES string of the molecule is Cc1cccc(C(=O)NCCCCCN)c1O. The number of nitrogens with two attached hydrogens (primary N) is 1. The number of carbonyl (C=O) groups excluding carboxylic acids is 1. The average molecular weight is 236 g/mol. The number of phenols is 1. The first-order chi connectivity index (χ1) is 8.16. The van der Waals surface area contributed by atoms with E-state index in [0.717, 1.165) is 19.3 Å². The second kappa shape index (κ2) is 6.91. The second-order valence-electron chi connectivity index (χ2n) is 4.08. The molecule has 0 aliphatic carbocycles. The second-order valence-corrected chi connectivity index (χ2v) is 4.08. The van der Waals surface area contributed by atoms with Crippen LogP contribution in [-0.2, 0) is 0 Å². The van der Waals surface area contributed by atoms with Crippen molar-refractivity contribution in [3.8, 4) is 5.75 Å². The van der Waals surface area contributed by atoms with Crippen LogP contribution in [0.5, 0.6) is 5.75 Å². The number of rotatable bonds is 6. The van der Waals surface area contributed by atoms with Crippen LogP contribution in [0.15, 0.2) is 18.2 Å². The van der Waals surface area contributed by atoms with E-state index in [4.69, 9.17) is 5.73 Å². The van der Waals surface area contributed by atoms with Crippen LogP contribution in [0.3, 0.4) is 0 Å². The molecule has 4 nitrogen and oxygen atoms in total. The first kappa shape index (κ1) is 13.5. The minimum absolute atomic E-state index is 0.0620. The van der Waals surface area contributed by atoms with Crippen LogP contribution >= 0.6 is 0 Å². The lowest BCUT2D eigenvalue weighted by atomic mass is 10.1. The van der Waals surface area contributed by atoms with Crippen LogP contribution in [0.2, 0.25) is 0 Å². The largest absolute Gasteiger partial charge is 0.507 e. The first-order valence-electron chi connectivity index (χ1n) is 5.93. The van der Waals surface area contributed by atoms with Gasteiger partial charge < -0.3 is 16.2 Å². The molecule has 4 heteroatoms. The normalized spacial score (nSPS) is 10.2. The van der Waals surface area contributed by atoms with E-state index >= 15 is 0 Å². The van der Waals surface area contributed by atoms with Crippen LogP contribution in [0, 0.1) is 6.92 Å².